The first-order valence-corrected chi connectivity index (χ1v) is 10.2. The standard InChI is InChI=1S/C20H18N4O4S/c1-2-28-20(26)16-17(25)12-11-15(23-7-9-27-10-8-23)21-22-18(12)24-13-5-3-4-6-14(13)29-19(16)24/h3-6,11H,2,7-10H2,1H3. The zero-order valence-corrected chi connectivity index (χ0v) is 16.6. The molecule has 1 saturated heterocycles. The van der Waals surface area contributed by atoms with Crippen molar-refractivity contribution in [2.45, 2.75) is 6.92 Å². The Morgan fingerprint density at radius 1 is 1.24 bits per heavy atom. The quantitative estimate of drug-likeness (QED) is 0.480. The highest BCUT2D eigenvalue weighted by Gasteiger charge is 2.24. The number of benzene rings is 1. The van der Waals surface area contributed by atoms with Crippen molar-refractivity contribution in [2.75, 3.05) is 37.8 Å². The molecule has 1 aliphatic heterocycles. The molecule has 148 valence electrons. The molecule has 9 heteroatoms. The SMILES string of the molecule is CCOC(=O)c1c(=O)c2cc(N3CCOCC3)nnc2n2c1sc1ccccc12. The van der Waals surface area contributed by atoms with Gasteiger partial charge in [0.25, 0.3) is 0 Å². The predicted octanol–water partition coefficient (Wildman–Crippen LogP) is 2.47. The first-order valence-electron chi connectivity index (χ1n) is 9.42. The molecule has 4 aromatic rings. The van der Waals surface area contributed by atoms with E-state index in [2.05, 4.69) is 10.2 Å². The van der Waals surface area contributed by atoms with Crippen molar-refractivity contribution in [3.63, 3.8) is 0 Å². The molecule has 0 aliphatic carbocycles. The topological polar surface area (TPSA) is 86.0 Å². The van der Waals surface area contributed by atoms with Gasteiger partial charge in [-0.25, -0.2) is 4.79 Å². The predicted molar refractivity (Wildman–Crippen MR) is 111 cm³/mol. The Balaban J connectivity index is 1.86. The normalized spacial score (nSPS) is 14.7. The van der Waals surface area contributed by atoms with Crippen molar-refractivity contribution in [2.24, 2.45) is 0 Å². The van der Waals surface area contributed by atoms with Gasteiger partial charge < -0.3 is 14.4 Å². The summed E-state index contributed by atoms with van der Waals surface area (Å²) in [6, 6.07) is 9.45. The first-order chi connectivity index (χ1) is 14.2. The second-order valence-electron chi connectivity index (χ2n) is 6.67. The second-order valence-corrected chi connectivity index (χ2v) is 7.70. The number of ether oxygens (including phenoxy) is 2. The van der Waals surface area contributed by atoms with Crippen LogP contribution in [0.5, 0.6) is 0 Å². The number of hydrogen-bond acceptors (Lipinski definition) is 8. The van der Waals surface area contributed by atoms with Crippen LogP contribution in [0.15, 0.2) is 35.1 Å². The maximum absolute atomic E-state index is 13.4. The molecule has 3 aromatic heterocycles. The molecule has 0 saturated carbocycles. The molecule has 1 fully saturated rings. The van der Waals surface area contributed by atoms with Crippen LogP contribution in [0.1, 0.15) is 17.3 Å². The van der Waals surface area contributed by atoms with Gasteiger partial charge in [0.05, 0.1) is 35.4 Å². The number of pyridine rings is 1. The Morgan fingerprint density at radius 2 is 2.03 bits per heavy atom. The second kappa shape index (κ2) is 7.09. The molecule has 1 aliphatic rings. The van der Waals surface area contributed by atoms with Crippen LogP contribution in [-0.4, -0.2) is 53.5 Å². The van der Waals surface area contributed by atoms with E-state index in [0.717, 1.165) is 10.2 Å². The fraction of sp³-hybridized carbons (Fsp3) is 0.300. The van der Waals surface area contributed by atoms with E-state index >= 15 is 0 Å². The molecule has 29 heavy (non-hydrogen) atoms. The molecule has 0 N–H and O–H groups in total. The van der Waals surface area contributed by atoms with E-state index in [1.54, 1.807) is 13.0 Å². The van der Waals surface area contributed by atoms with Gasteiger partial charge in [0, 0.05) is 13.1 Å². The third kappa shape index (κ3) is 2.85. The van der Waals surface area contributed by atoms with Gasteiger partial charge in [0.1, 0.15) is 10.4 Å². The van der Waals surface area contributed by atoms with Crippen molar-refractivity contribution >= 4 is 49.2 Å². The molecule has 1 aromatic carbocycles. The zero-order valence-electron chi connectivity index (χ0n) is 15.8. The summed E-state index contributed by atoms with van der Waals surface area (Å²) in [7, 11) is 0. The van der Waals surface area contributed by atoms with Crippen LogP contribution in [0.2, 0.25) is 0 Å². The lowest BCUT2D eigenvalue weighted by atomic mass is 10.2. The highest BCUT2D eigenvalue weighted by molar-refractivity contribution is 7.24. The number of rotatable bonds is 3. The van der Waals surface area contributed by atoms with Crippen LogP contribution >= 0.6 is 11.3 Å². The number of aromatic nitrogens is 3. The molecule has 0 amide bonds. The number of thiazole rings is 1. The Bertz CT molecular complexity index is 1310. The lowest BCUT2D eigenvalue weighted by Crippen LogP contribution is -2.37. The zero-order chi connectivity index (χ0) is 20.0. The number of nitrogens with zero attached hydrogens (tertiary/aromatic N) is 4. The van der Waals surface area contributed by atoms with Crippen LogP contribution in [0.3, 0.4) is 0 Å². The monoisotopic (exact) mass is 410 g/mol. The van der Waals surface area contributed by atoms with Crippen LogP contribution in [0.4, 0.5) is 5.82 Å². The maximum atomic E-state index is 13.4. The maximum Gasteiger partial charge on any atom is 0.345 e. The fourth-order valence-corrected chi connectivity index (χ4v) is 4.80. The van der Waals surface area contributed by atoms with E-state index in [1.165, 1.54) is 11.3 Å². The van der Waals surface area contributed by atoms with E-state index < -0.39 is 5.97 Å². The van der Waals surface area contributed by atoms with Crippen molar-refractivity contribution in [3.8, 4) is 0 Å². The molecule has 8 nitrogen and oxygen atoms in total. The summed E-state index contributed by atoms with van der Waals surface area (Å²) >= 11 is 1.37. The summed E-state index contributed by atoms with van der Waals surface area (Å²) in [5, 5.41) is 9.12. The number of esters is 1. The molecule has 0 bridgehead atoms. The Hall–Kier alpha value is -3.04. The summed E-state index contributed by atoms with van der Waals surface area (Å²) in [4.78, 5) is 28.6. The Morgan fingerprint density at radius 3 is 2.83 bits per heavy atom. The minimum atomic E-state index is -0.617. The van der Waals surface area contributed by atoms with E-state index in [-0.39, 0.29) is 17.6 Å². The molecular weight excluding hydrogens is 392 g/mol. The van der Waals surface area contributed by atoms with Crippen molar-refractivity contribution in [3.05, 3.63) is 46.1 Å². The van der Waals surface area contributed by atoms with Gasteiger partial charge in [-0.05, 0) is 25.1 Å². The molecule has 0 atom stereocenters. The number of carbonyl (C=O) groups is 1. The summed E-state index contributed by atoms with van der Waals surface area (Å²) in [6.45, 7) is 4.47. The van der Waals surface area contributed by atoms with Crippen molar-refractivity contribution < 1.29 is 14.3 Å². The van der Waals surface area contributed by atoms with Crippen LogP contribution in [0, 0.1) is 0 Å². The number of morpholine rings is 1. The van der Waals surface area contributed by atoms with Crippen LogP contribution < -0.4 is 10.3 Å². The minimum absolute atomic E-state index is 0.0430. The number of anilines is 1. The van der Waals surface area contributed by atoms with Crippen molar-refractivity contribution in [1.29, 1.82) is 0 Å². The number of hydrogen-bond donors (Lipinski definition) is 0. The van der Waals surface area contributed by atoms with E-state index in [0.29, 0.717) is 48.0 Å². The number of para-hydroxylation sites is 1. The van der Waals surface area contributed by atoms with Gasteiger partial charge in [-0.3, -0.25) is 9.20 Å². The molecule has 0 unspecified atom stereocenters. The summed E-state index contributed by atoms with van der Waals surface area (Å²) in [5.74, 6) is -0.0135. The molecule has 0 radical (unpaired) electrons. The summed E-state index contributed by atoms with van der Waals surface area (Å²) < 4.78 is 13.4. The van der Waals surface area contributed by atoms with Gasteiger partial charge in [0.15, 0.2) is 11.5 Å². The molecule has 4 heterocycles. The van der Waals surface area contributed by atoms with E-state index in [9.17, 15) is 9.59 Å². The Kier molecular flexibility index (Phi) is 4.40. The van der Waals surface area contributed by atoms with Crippen LogP contribution in [0.25, 0.3) is 26.1 Å². The lowest BCUT2D eigenvalue weighted by molar-refractivity contribution is 0.0527. The minimum Gasteiger partial charge on any atom is -0.462 e. The third-order valence-corrected chi connectivity index (χ3v) is 6.13. The average molecular weight is 410 g/mol. The van der Waals surface area contributed by atoms with E-state index in [4.69, 9.17) is 9.47 Å². The largest absolute Gasteiger partial charge is 0.462 e. The number of carbonyl (C=O) groups excluding carboxylic acids is 1. The first kappa shape index (κ1) is 18.0. The highest BCUT2D eigenvalue weighted by Crippen LogP contribution is 2.31. The smallest absolute Gasteiger partial charge is 0.345 e. The van der Waals surface area contributed by atoms with E-state index in [1.807, 2.05) is 33.6 Å². The van der Waals surface area contributed by atoms with Gasteiger partial charge in [-0.2, -0.15) is 0 Å². The Labute approximate surface area is 169 Å². The summed E-state index contributed by atoms with van der Waals surface area (Å²) in [6.07, 6.45) is 0. The lowest BCUT2D eigenvalue weighted by Gasteiger charge is -2.27. The van der Waals surface area contributed by atoms with Gasteiger partial charge in [0.2, 0.25) is 5.43 Å². The van der Waals surface area contributed by atoms with Crippen molar-refractivity contribution in [1.82, 2.24) is 14.6 Å². The highest BCUT2D eigenvalue weighted by atomic mass is 32.1. The van der Waals surface area contributed by atoms with Gasteiger partial charge in [-0.1, -0.05) is 12.1 Å². The van der Waals surface area contributed by atoms with Gasteiger partial charge in [-0.15, -0.1) is 21.5 Å². The van der Waals surface area contributed by atoms with Crippen LogP contribution in [-0.2, 0) is 9.47 Å². The fourth-order valence-electron chi connectivity index (χ4n) is 3.63. The molecule has 0 spiro atoms. The molecular formula is C20H18N4O4S. The van der Waals surface area contributed by atoms with Gasteiger partial charge >= 0.3 is 5.97 Å². The number of fused-ring (bicyclic) bond motifs is 5. The average Bonchev–Trinajstić information content (AvgIpc) is 3.13. The summed E-state index contributed by atoms with van der Waals surface area (Å²) in [5.41, 5.74) is 0.972. The molecule has 5 rings (SSSR count). The third-order valence-electron chi connectivity index (χ3n) is 4.99.